The van der Waals surface area contributed by atoms with Gasteiger partial charge in [0.15, 0.2) is 0 Å². The molecule has 0 aliphatic carbocycles. The highest BCUT2D eigenvalue weighted by Gasteiger charge is 2.21. The number of non-ortho nitro benzene ring substituents is 1. The molecule has 0 radical (unpaired) electrons. The highest BCUT2D eigenvalue weighted by Crippen LogP contribution is 2.37. The molecule has 1 amide bonds. The third-order valence-corrected chi connectivity index (χ3v) is 7.14. The van der Waals surface area contributed by atoms with Crippen molar-refractivity contribution in [2.45, 2.75) is 0 Å². The molecule has 5 aromatic carbocycles. The summed E-state index contributed by atoms with van der Waals surface area (Å²) in [7, 11) is 0. The maximum absolute atomic E-state index is 13.4. The summed E-state index contributed by atoms with van der Waals surface area (Å²) in [6.07, 6.45) is 1.59. The molecule has 0 spiro atoms. The van der Waals surface area contributed by atoms with Crippen LogP contribution in [0.15, 0.2) is 139 Å². The Morgan fingerprint density at radius 3 is 2.05 bits per heavy atom. The number of benzene rings is 5. The van der Waals surface area contributed by atoms with Crippen molar-refractivity contribution in [3.05, 3.63) is 155 Å². The van der Waals surface area contributed by atoms with Crippen molar-refractivity contribution in [3.8, 4) is 34.3 Å². The topological polar surface area (TPSA) is 101 Å². The van der Waals surface area contributed by atoms with Crippen LogP contribution in [0.2, 0.25) is 0 Å². The number of nitrogens with one attached hydrogen (secondary N) is 1. The van der Waals surface area contributed by atoms with Gasteiger partial charge in [-0.3, -0.25) is 14.9 Å². The van der Waals surface area contributed by atoms with Crippen molar-refractivity contribution in [3.63, 3.8) is 0 Å². The Kier molecular flexibility index (Phi) is 7.32. The Morgan fingerprint density at radius 1 is 0.767 bits per heavy atom. The minimum absolute atomic E-state index is 0.0179. The van der Waals surface area contributed by atoms with Gasteiger partial charge >= 0.3 is 0 Å². The molecular formula is C36H24N4O3. The molecule has 0 fully saturated rings. The number of anilines is 1. The fraction of sp³-hybridized carbons (Fsp3) is 0. The number of nitro benzene ring substituents is 1. The van der Waals surface area contributed by atoms with E-state index < -0.39 is 10.8 Å². The third kappa shape index (κ3) is 5.53. The number of nitriles is 1. The normalized spacial score (nSPS) is 11.2. The van der Waals surface area contributed by atoms with E-state index in [1.165, 1.54) is 12.1 Å². The Morgan fingerprint density at radius 2 is 1.40 bits per heavy atom. The van der Waals surface area contributed by atoms with E-state index in [4.69, 9.17) is 0 Å². The summed E-state index contributed by atoms with van der Waals surface area (Å²) in [6.45, 7) is 0. The van der Waals surface area contributed by atoms with Gasteiger partial charge in [0.2, 0.25) is 0 Å². The minimum Gasteiger partial charge on any atom is -0.321 e. The van der Waals surface area contributed by atoms with E-state index in [9.17, 15) is 20.2 Å². The summed E-state index contributed by atoms with van der Waals surface area (Å²) < 4.78 is 2.00. The standard InChI is InChI=1S/C36H24N4O3/c37-24-30(36(41)38-31-16-15-25-9-7-8-14-28(25)22-31)21-29-23-34(26-10-3-1-4-11-26)39(35(29)27-12-5-2-6-13-27)32-17-19-33(20-18-32)40(42)43/h1-23H,(H,38,41). The lowest BCUT2D eigenvalue weighted by atomic mass is 10.0. The van der Waals surface area contributed by atoms with Gasteiger partial charge < -0.3 is 9.88 Å². The molecule has 6 rings (SSSR count). The second-order valence-electron chi connectivity index (χ2n) is 9.86. The van der Waals surface area contributed by atoms with Gasteiger partial charge in [0.1, 0.15) is 11.6 Å². The summed E-state index contributed by atoms with van der Waals surface area (Å²) in [5.74, 6) is -0.527. The molecule has 0 bridgehead atoms. The predicted octanol–water partition coefficient (Wildman–Crippen LogP) is 8.42. The number of hydrogen-bond acceptors (Lipinski definition) is 4. The molecule has 0 aliphatic rings. The van der Waals surface area contributed by atoms with E-state index in [-0.39, 0.29) is 11.3 Å². The summed E-state index contributed by atoms with van der Waals surface area (Å²) in [6, 6.07) is 43.1. The first-order valence-corrected chi connectivity index (χ1v) is 13.6. The summed E-state index contributed by atoms with van der Waals surface area (Å²) >= 11 is 0. The van der Waals surface area contributed by atoms with Crippen molar-refractivity contribution < 1.29 is 9.72 Å². The van der Waals surface area contributed by atoms with E-state index in [2.05, 4.69) is 11.4 Å². The Labute approximate surface area is 247 Å². The van der Waals surface area contributed by atoms with Crippen LogP contribution in [0.25, 0.3) is 45.1 Å². The SMILES string of the molecule is N#CC(=Cc1cc(-c2ccccc2)n(-c2ccc([N+](=O)[O-])cc2)c1-c1ccccc1)C(=O)Nc1ccc2ccccc2c1. The van der Waals surface area contributed by atoms with Crippen LogP contribution in [-0.4, -0.2) is 15.4 Å². The van der Waals surface area contributed by atoms with Crippen molar-refractivity contribution in [2.24, 2.45) is 0 Å². The number of nitro groups is 1. The monoisotopic (exact) mass is 560 g/mol. The first kappa shape index (κ1) is 26.9. The zero-order valence-electron chi connectivity index (χ0n) is 22.8. The first-order valence-electron chi connectivity index (χ1n) is 13.6. The zero-order valence-corrected chi connectivity index (χ0v) is 22.8. The van der Waals surface area contributed by atoms with Gasteiger partial charge in [-0.15, -0.1) is 0 Å². The van der Waals surface area contributed by atoms with Crippen LogP contribution in [0.1, 0.15) is 5.56 Å². The van der Waals surface area contributed by atoms with Crippen LogP contribution in [0, 0.1) is 21.4 Å². The van der Waals surface area contributed by atoms with Crippen LogP contribution < -0.4 is 5.32 Å². The fourth-order valence-corrected chi connectivity index (χ4v) is 5.11. The largest absolute Gasteiger partial charge is 0.321 e. The van der Waals surface area contributed by atoms with Crippen LogP contribution in [0.5, 0.6) is 0 Å². The number of carbonyl (C=O) groups excluding carboxylic acids is 1. The van der Waals surface area contributed by atoms with Crippen LogP contribution in [-0.2, 0) is 4.79 Å². The molecule has 0 atom stereocenters. The summed E-state index contributed by atoms with van der Waals surface area (Å²) in [4.78, 5) is 24.3. The molecular weight excluding hydrogens is 536 g/mol. The van der Waals surface area contributed by atoms with Gasteiger partial charge in [-0.25, -0.2) is 0 Å². The molecule has 7 heteroatoms. The van der Waals surface area contributed by atoms with Crippen molar-refractivity contribution >= 4 is 34.1 Å². The van der Waals surface area contributed by atoms with E-state index in [1.54, 1.807) is 18.2 Å². The number of aromatic nitrogens is 1. The molecule has 0 saturated heterocycles. The molecule has 7 nitrogen and oxygen atoms in total. The highest BCUT2D eigenvalue weighted by molar-refractivity contribution is 6.10. The smallest absolute Gasteiger partial charge is 0.269 e. The summed E-state index contributed by atoms with van der Waals surface area (Å²) in [5, 5.41) is 26.4. The maximum Gasteiger partial charge on any atom is 0.269 e. The number of rotatable bonds is 7. The predicted molar refractivity (Wildman–Crippen MR) is 169 cm³/mol. The van der Waals surface area contributed by atoms with E-state index in [1.807, 2.05) is 114 Å². The number of amides is 1. The van der Waals surface area contributed by atoms with Crippen molar-refractivity contribution in [1.29, 1.82) is 5.26 Å². The molecule has 0 saturated carbocycles. The van der Waals surface area contributed by atoms with Gasteiger partial charge in [-0.1, -0.05) is 91.0 Å². The van der Waals surface area contributed by atoms with E-state index in [0.29, 0.717) is 16.9 Å². The lowest BCUT2D eigenvalue weighted by Crippen LogP contribution is -2.13. The molecule has 6 aromatic rings. The minimum atomic E-state index is -0.527. The second-order valence-corrected chi connectivity index (χ2v) is 9.86. The van der Waals surface area contributed by atoms with Gasteiger partial charge in [0.25, 0.3) is 11.6 Å². The van der Waals surface area contributed by atoms with Gasteiger partial charge in [-0.05, 0) is 58.3 Å². The number of nitrogens with zero attached hydrogens (tertiary/aromatic N) is 3. The Balaban J connectivity index is 1.51. The highest BCUT2D eigenvalue weighted by atomic mass is 16.6. The van der Waals surface area contributed by atoms with Crippen LogP contribution >= 0.6 is 0 Å². The molecule has 1 heterocycles. The molecule has 1 aromatic heterocycles. The maximum atomic E-state index is 13.4. The molecule has 1 N–H and O–H groups in total. The molecule has 0 unspecified atom stereocenters. The Hall–Kier alpha value is -6.26. The average molecular weight is 561 g/mol. The zero-order chi connectivity index (χ0) is 29.8. The quantitative estimate of drug-likeness (QED) is 0.0916. The lowest BCUT2D eigenvalue weighted by molar-refractivity contribution is -0.384. The Bertz CT molecular complexity index is 2040. The summed E-state index contributed by atoms with van der Waals surface area (Å²) in [5.41, 5.74) is 5.13. The van der Waals surface area contributed by atoms with Gasteiger partial charge in [-0.2, -0.15) is 5.26 Å². The first-order chi connectivity index (χ1) is 21.0. The molecule has 0 aliphatic heterocycles. The second kappa shape index (κ2) is 11.7. The lowest BCUT2D eigenvalue weighted by Gasteiger charge is -2.15. The van der Waals surface area contributed by atoms with E-state index >= 15 is 0 Å². The number of hydrogen-bond donors (Lipinski definition) is 1. The molecule has 206 valence electrons. The van der Waals surface area contributed by atoms with Crippen molar-refractivity contribution in [1.82, 2.24) is 4.57 Å². The van der Waals surface area contributed by atoms with Crippen LogP contribution in [0.3, 0.4) is 0 Å². The molecule has 43 heavy (non-hydrogen) atoms. The van der Waals surface area contributed by atoms with Gasteiger partial charge in [0, 0.05) is 29.1 Å². The fourth-order valence-electron chi connectivity index (χ4n) is 5.11. The number of fused-ring (bicyclic) bond motifs is 1. The average Bonchev–Trinajstić information content (AvgIpc) is 3.43. The third-order valence-electron chi connectivity index (χ3n) is 7.14. The van der Waals surface area contributed by atoms with E-state index in [0.717, 1.165) is 33.3 Å². The van der Waals surface area contributed by atoms with Crippen molar-refractivity contribution in [2.75, 3.05) is 5.32 Å². The van der Waals surface area contributed by atoms with Crippen LogP contribution in [0.4, 0.5) is 11.4 Å². The van der Waals surface area contributed by atoms with Gasteiger partial charge in [0.05, 0.1) is 16.3 Å². The number of carbonyl (C=O) groups is 1.